The van der Waals surface area contributed by atoms with Crippen molar-refractivity contribution in [2.45, 2.75) is 18.9 Å². The van der Waals surface area contributed by atoms with Gasteiger partial charge in [0.05, 0.1) is 25.5 Å². The molecule has 3 aliphatic heterocycles. The van der Waals surface area contributed by atoms with Crippen molar-refractivity contribution in [3.63, 3.8) is 0 Å². The largest absolute Gasteiger partial charge is 0.465 e. The first-order valence-electron chi connectivity index (χ1n) is 9.77. The summed E-state index contributed by atoms with van der Waals surface area (Å²) < 4.78 is 9.68. The molecule has 0 aromatic heterocycles. The molecular formula is C22H21N3O6. The third-order valence-corrected chi connectivity index (χ3v) is 5.47. The maximum atomic E-state index is 12.7. The van der Waals surface area contributed by atoms with E-state index in [2.05, 4.69) is 0 Å². The fourth-order valence-electron chi connectivity index (χ4n) is 3.99. The number of hydrogen-bond donors (Lipinski definition) is 0. The number of allylic oxidation sites excluding steroid dienone is 2. The minimum atomic E-state index is -0.716. The van der Waals surface area contributed by atoms with Crippen LogP contribution in [0, 0.1) is 0 Å². The third kappa shape index (κ3) is 3.37. The molecule has 2 saturated heterocycles. The van der Waals surface area contributed by atoms with Gasteiger partial charge in [-0.05, 0) is 49.3 Å². The molecule has 4 rings (SSSR count). The van der Waals surface area contributed by atoms with Crippen molar-refractivity contribution < 1.29 is 28.7 Å². The van der Waals surface area contributed by atoms with E-state index in [9.17, 15) is 19.2 Å². The molecule has 0 spiro atoms. The van der Waals surface area contributed by atoms with Gasteiger partial charge in [0.2, 0.25) is 0 Å². The van der Waals surface area contributed by atoms with E-state index in [4.69, 9.17) is 9.47 Å². The number of carbonyl (C=O) groups is 4. The molecule has 0 saturated carbocycles. The Morgan fingerprint density at radius 1 is 0.968 bits per heavy atom. The number of benzene rings is 1. The molecule has 1 atom stereocenters. The maximum Gasteiger partial charge on any atom is 0.355 e. The summed E-state index contributed by atoms with van der Waals surface area (Å²) in [6, 6.07) is 5.88. The first-order valence-corrected chi connectivity index (χ1v) is 9.77. The van der Waals surface area contributed by atoms with Crippen LogP contribution in [0.25, 0.3) is 0 Å². The SMILES string of the molecule is COC(=O)C1=C(C(=O)OC)N(c2ccc(N3C(=O)C4CCCN4C3=O)cc2)C=CC=C1. The van der Waals surface area contributed by atoms with Crippen LogP contribution in [0.4, 0.5) is 16.2 Å². The summed E-state index contributed by atoms with van der Waals surface area (Å²) in [4.78, 5) is 54.3. The number of fused-ring (bicyclic) bond motifs is 1. The number of methoxy groups -OCH3 is 2. The van der Waals surface area contributed by atoms with Crippen molar-refractivity contribution in [1.29, 1.82) is 0 Å². The van der Waals surface area contributed by atoms with Gasteiger partial charge in [-0.2, -0.15) is 0 Å². The molecule has 0 bridgehead atoms. The molecule has 9 heteroatoms. The number of esters is 2. The second-order valence-electron chi connectivity index (χ2n) is 7.14. The topological polar surface area (TPSA) is 96.5 Å². The molecule has 2 fully saturated rings. The third-order valence-electron chi connectivity index (χ3n) is 5.47. The van der Waals surface area contributed by atoms with Gasteiger partial charge >= 0.3 is 18.0 Å². The van der Waals surface area contributed by atoms with Gasteiger partial charge in [-0.1, -0.05) is 6.08 Å². The van der Waals surface area contributed by atoms with Gasteiger partial charge in [-0.25, -0.2) is 19.3 Å². The lowest BCUT2D eigenvalue weighted by Gasteiger charge is -2.24. The van der Waals surface area contributed by atoms with Gasteiger partial charge in [0, 0.05) is 18.4 Å². The van der Waals surface area contributed by atoms with E-state index >= 15 is 0 Å². The first kappa shape index (κ1) is 20.4. The molecule has 0 radical (unpaired) electrons. The van der Waals surface area contributed by atoms with Gasteiger partial charge in [0.15, 0.2) is 0 Å². The zero-order valence-electron chi connectivity index (χ0n) is 17.1. The van der Waals surface area contributed by atoms with Crippen molar-refractivity contribution in [1.82, 2.24) is 4.90 Å². The second kappa shape index (κ2) is 8.10. The van der Waals surface area contributed by atoms with E-state index in [0.717, 1.165) is 6.42 Å². The molecule has 3 heterocycles. The fourth-order valence-corrected chi connectivity index (χ4v) is 3.99. The molecule has 31 heavy (non-hydrogen) atoms. The lowest BCUT2D eigenvalue weighted by Crippen LogP contribution is -2.33. The van der Waals surface area contributed by atoms with E-state index in [1.165, 1.54) is 30.1 Å². The Morgan fingerprint density at radius 3 is 2.29 bits per heavy atom. The minimum Gasteiger partial charge on any atom is -0.465 e. The number of ether oxygens (including phenoxy) is 2. The number of amides is 3. The number of rotatable bonds is 4. The van der Waals surface area contributed by atoms with Crippen molar-refractivity contribution in [2.75, 3.05) is 30.6 Å². The molecule has 1 unspecified atom stereocenters. The highest BCUT2D eigenvalue weighted by molar-refractivity contribution is 6.21. The van der Waals surface area contributed by atoms with Crippen molar-refractivity contribution in [3.05, 3.63) is 60.0 Å². The van der Waals surface area contributed by atoms with E-state index in [-0.39, 0.29) is 29.3 Å². The highest BCUT2D eigenvalue weighted by Gasteiger charge is 2.48. The lowest BCUT2D eigenvalue weighted by molar-refractivity contribution is -0.139. The smallest absolute Gasteiger partial charge is 0.355 e. The normalized spacial score (nSPS) is 20.3. The van der Waals surface area contributed by atoms with Gasteiger partial charge in [0.25, 0.3) is 5.91 Å². The van der Waals surface area contributed by atoms with E-state index in [0.29, 0.717) is 24.3 Å². The summed E-state index contributed by atoms with van der Waals surface area (Å²) in [7, 11) is 2.45. The molecule has 0 N–H and O–H groups in total. The predicted molar refractivity (Wildman–Crippen MR) is 111 cm³/mol. The summed E-state index contributed by atoms with van der Waals surface area (Å²) in [6.45, 7) is 0.582. The fraction of sp³-hybridized carbons (Fsp3) is 0.273. The lowest BCUT2D eigenvalue weighted by atomic mass is 10.1. The van der Waals surface area contributed by atoms with Gasteiger partial charge in [-0.15, -0.1) is 0 Å². The average molecular weight is 423 g/mol. The Kier molecular flexibility index (Phi) is 5.33. The molecule has 3 aliphatic rings. The van der Waals surface area contributed by atoms with Gasteiger partial charge < -0.3 is 19.3 Å². The summed E-state index contributed by atoms with van der Waals surface area (Å²) >= 11 is 0. The highest BCUT2D eigenvalue weighted by atomic mass is 16.5. The molecule has 3 amide bonds. The Bertz CT molecular complexity index is 1020. The zero-order chi connectivity index (χ0) is 22.1. The first-order chi connectivity index (χ1) is 15.0. The van der Waals surface area contributed by atoms with Crippen LogP contribution in [0.5, 0.6) is 0 Å². The maximum absolute atomic E-state index is 12.7. The number of hydrogen-bond acceptors (Lipinski definition) is 7. The Balaban J connectivity index is 1.69. The summed E-state index contributed by atoms with van der Waals surface area (Å²) in [5.74, 6) is -1.63. The second-order valence-corrected chi connectivity index (χ2v) is 7.14. The summed E-state index contributed by atoms with van der Waals surface area (Å²) in [6.07, 6.45) is 7.85. The van der Waals surface area contributed by atoms with Gasteiger partial charge in [0.1, 0.15) is 11.7 Å². The molecule has 1 aromatic carbocycles. The van der Waals surface area contributed by atoms with Crippen LogP contribution < -0.4 is 9.80 Å². The molecule has 1 aromatic rings. The quantitative estimate of drug-likeness (QED) is 0.541. The monoisotopic (exact) mass is 423 g/mol. The van der Waals surface area contributed by atoms with Crippen LogP contribution in [-0.4, -0.2) is 55.6 Å². The Hall–Kier alpha value is -3.88. The minimum absolute atomic E-state index is 0.0129. The number of imide groups is 1. The van der Waals surface area contributed by atoms with Crippen LogP contribution in [0.3, 0.4) is 0 Å². The summed E-state index contributed by atoms with van der Waals surface area (Å²) in [5, 5.41) is 0. The molecular weight excluding hydrogens is 402 g/mol. The number of nitrogens with zero attached hydrogens (tertiary/aromatic N) is 3. The molecule has 9 nitrogen and oxygen atoms in total. The molecule has 0 aliphatic carbocycles. The van der Waals surface area contributed by atoms with Crippen LogP contribution in [0.2, 0.25) is 0 Å². The summed E-state index contributed by atoms with van der Waals surface area (Å²) in [5.41, 5.74) is 1.00. The van der Waals surface area contributed by atoms with Crippen molar-refractivity contribution >= 4 is 35.3 Å². The van der Waals surface area contributed by atoms with Crippen LogP contribution in [-0.2, 0) is 23.9 Å². The highest BCUT2D eigenvalue weighted by Crippen LogP contribution is 2.33. The predicted octanol–water partition coefficient (Wildman–Crippen LogP) is 2.11. The van der Waals surface area contributed by atoms with E-state index < -0.39 is 11.9 Å². The van der Waals surface area contributed by atoms with Crippen LogP contribution >= 0.6 is 0 Å². The standard InChI is InChI=1S/C22H21N3O6/c1-30-20(27)16-6-3-4-12-23(18(16)21(28)31-2)14-8-10-15(11-9-14)25-19(26)17-7-5-13-24(17)22(25)29/h3-4,6,8-12,17H,5,7,13H2,1-2H3. The number of carbonyl (C=O) groups excluding carboxylic acids is 4. The number of urea groups is 1. The van der Waals surface area contributed by atoms with Crippen molar-refractivity contribution in [3.8, 4) is 0 Å². The van der Waals surface area contributed by atoms with Crippen LogP contribution in [0.15, 0.2) is 60.0 Å². The van der Waals surface area contributed by atoms with Crippen molar-refractivity contribution in [2.24, 2.45) is 0 Å². The average Bonchev–Trinajstić information content (AvgIpc) is 3.28. The Morgan fingerprint density at radius 2 is 1.65 bits per heavy atom. The molecule has 160 valence electrons. The zero-order valence-corrected chi connectivity index (χ0v) is 17.1. The number of anilines is 2. The van der Waals surface area contributed by atoms with E-state index in [1.807, 2.05) is 0 Å². The van der Waals surface area contributed by atoms with Gasteiger partial charge in [-0.3, -0.25) is 4.79 Å². The Labute approximate surface area is 178 Å². The van der Waals surface area contributed by atoms with Crippen LogP contribution in [0.1, 0.15) is 12.8 Å². The van der Waals surface area contributed by atoms with E-state index in [1.54, 1.807) is 47.5 Å².